The summed E-state index contributed by atoms with van der Waals surface area (Å²) in [5.41, 5.74) is 7.96. The van der Waals surface area contributed by atoms with E-state index in [0.29, 0.717) is 6.04 Å². The molecule has 0 saturated heterocycles. The van der Waals surface area contributed by atoms with E-state index in [0.717, 1.165) is 12.2 Å². The van der Waals surface area contributed by atoms with Crippen molar-refractivity contribution in [2.75, 3.05) is 14.2 Å². The van der Waals surface area contributed by atoms with E-state index in [9.17, 15) is 0 Å². The molecule has 1 atom stereocenters. The van der Waals surface area contributed by atoms with Crippen molar-refractivity contribution in [3.05, 3.63) is 52.6 Å². The van der Waals surface area contributed by atoms with Gasteiger partial charge in [0.25, 0.3) is 0 Å². The summed E-state index contributed by atoms with van der Waals surface area (Å²) < 4.78 is 5.71. The van der Waals surface area contributed by atoms with Crippen LogP contribution < -0.4 is 10.1 Å². The third kappa shape index (κ3) is 2.24. The summed E-state index contributed by atoms with van der Waals surface area (Å²) >= 11 is 0. The lowest BCUT2D eigenvalue weighted by Crippen LogP contribution is -2.12. The van der Waals surface area contributed by atoms with Gasteiger partial charge >= 0.3 is 0 Å². The van der Waals surface area contributed by atoms with Gasteiger partial charge < -0.3 is 10.1 Å². The molecule has 0 amide bonds. The summed E-state index contributed by atoms with van der Waals surface area (Å²) in [5.74, 6) is 1.01. The minimum absolute atomic E-state index is 0.484. The fourth-order valence-corrected chi connectivity index (χ4v) is 3.47. The molecule has 2 aromatic carbocycles. The average Bonchev–Trinajstić information content (AvgIpc) is 2.93. The van der Waals surface area contributed by atoms with Gasteiger partial charge in [-0.3, -0.25) is 0 Å². The van der Waals surface area contributed by atoms with Gasteiger partial charge in [0.15, 0.2) is 0 Å². The first-order valence-electron chi connectivity index (χ1n) is 7.61. The molecular weight excluding hydrogens is 258 g/mol. The molecular formula is C19H23NO. The Morgan fingerprint density at radius 2 is 1.90 bits per heavy atom. The lowest BCUT2D eigenvalue weighted by atomic mass is 9.93. The Balaban J connectivity index is 2.19. The number of aryl methyl sites for hydroxylation is 1. The zero-order valence-corrected chi connectivity index (χ0v) is 13.3. The molecule has 0 aliphatic heterocycles. The van der Waals surface area contributed by atoms with Gasteiger partial charge in [-0.1, -0.05) is 30.3 Å². The van der Waals surface area contributed by atoms with Gasteiger partial charge in [-0.2, -0.15) is 0 Å². The van der Waals surface area contributed by atoms with Crippen molar-refractivity contribution >= 4 is 0 Å². The van der Waals surface area contributed by atoms with Crippen LogP contribution in [0.1, 0.15) is 34.7 Å². The Bertz CT molecular complexity index is 676. The molecule has 3 rings (SSSR count). The zero-order valence-electron chi connectivity index (χ0n) is 13.3. The molecule has 0 radical (unpaired) electrons. The predicted molar refractivity (Wildman–Crippen MR) is 88.0 cm³/mol. The normalized spacial score (nSPS) is 16.9. The van der Waals surface area contributed by atoms with Crippen molar-refractivity contribution in [2.45, 2.75) is 32.7 Å². The first-order chi connectivity index (χ1) is 10.2. The van der Waals surface area contributed by atoms with Crippen molar-refractivity contribution in [2.24, 2.45) is 0 Å². The molecule has 0 fully saturated rings. The van der Waals surface area contributed by atoms with Gasteiger partial charge in [-0.15, -0.1) is 0 Å². The second-order valence-electron chi connectivity index (χ2n) is 5.84. The molecule has 1 aliphatic rings. The highest BCUT2D eigenvalue weighted by Crippen LogP contribution is 2.42. The Kier molecular flexibility index (Phi) is 3.73. The minimum atomic E-state index is 0.484. The number of hydrogen-bond acceptors (Lipinski definition) is 2. The second-order valence-corrected chi connectivity index (χ2v) is 5.84. The van der Waals surface area contributed by atoms with Crippen LogP contribution in [0, 0.1) is 13.8 Å². The first kappa shape index (κ1) is 14.2. The van der Waals surface area contributed by atoms with E-state index in [4.69, 9.17) is 4.74 Å². The van der Waals surface area contributed by atoms with E-state index in [1.807, 2.05) is 7.05 Å². The first-order valence-corrected chi connectivity index (χ1v) is 7.61. The lowest BCUT2D eigenvalue weighted by molar-refractivity contribution is 0.413. The standard InChI is InChI=1S/C19H23NO/c1-12-8-9-17(19(21-4)13(12)2)14-6-5-7-16-15(14)10-11-18(16)20-3/h5-9,18,20H,10-11H2,1-4H3. The van der Waals surface area contributed by atoms with Crippen LogP contribution in [0.15, 0.2) is 30.3 Å². The van der Waals surface area contributed by atoms with Crippen LogP contribution in [-0.2, 0) is 6.42 Å². The molecule has 0 aromatic heterocycles. The molecule has 1 N–H and O–H groups in total. The van der Waals surface area contributed by atoms with Crippen LogP contribution in [0.5, 0.6) is 5.75 Å². The summed E-state index contributed by atoms with van der Waals surface area (Å²) in [6.07, 6.45) is 2.31. The van der Waals surface area contributed by atoms with E-state index in [2.05, 4.69) is 49.5 Å². The molecule has 1 unspecified atom stereocenters. The van der Waals surface area contributed by atoms with Crippen LogP contribution in [0.2, 0.25) is 0 Å². The molecule has 0 bridgehead atoms. The summed E-state index contributed by atoms with van der Waals surface area (Å²) in [6.45, 7) is 4.27. The van der Waals surface area contributed by atoms with Crippen LogP contribution in [0.4, 0.5) is 0 Å². The average molecular weight is 281 g/mol. The van der Waals surface area contributed by atoms with Crippen molar-refractivity contribution in [3.63, 3.8) is 0 Å². The number of hydrogen-bond donors (Lipinski definition) is 1. The Hall–Kier alpha value is -1.80. The van der Waals surface area contributed by atoms with E-state index < -0.39 is 0 Å². The fourth-order valence-electron chi connectivity index (χ4n) is 3.47. The van der Waals surface area contributed by atoms with Crippen LogP contribution in [0.3, 0.4) is 0 Å². The monoisotopic (exact) mass is 281 g/mol. The number of benzene rings is 2. The van der Waals surface area contributed by atoms with Crippen molar-refractivity contribution in [1.29, 1.82) is 0 Å². The van der Waals surface area contributed by atoms with Gasteiger partial charge in [0, 0.05) is 11.6 Å². The largest absolute Gasteiger partial charge is 0.496 e. The maximum atomic E-state index is 5.71. The number of rotatable bonds is 3. The molecule has 21 heavy (non-hydrogen) atoms. The highest BCUT2D eigenvalue weighted by Gasteiger charge is 2.24. The van der Waals surface area contributed by atoms with Crippen molar-refractivity contribution in [3.8, 4) is 16.9 Å². The minimum Gasteiger partial charge on any atom is -0.496 e. The molecule has 0 heterocycles. The van der Waals surface area contributed by atoms with Crippen LogP contribution >= 0.6 is 0 Å². The van der Waals surface area contributed by atoms with Gasteiger partial charge in [-0.25, -0.2) is 0 Å². The summed E-state index contributed by atoms with van der Waals surface area (Å²) in [6, 6.07) is 11.5. The van der Waals surface area contributed by atoms with Gasteiger partial charge in [0.05, 0.1) is 7.11 Å². The van der Waals surface area contributed by atoms with E-state index in [-0.39, 0.29) is 0 Å². The summed E-state index contributed by atoms with van der Waals surface area (Å²) in [7, 11) is 3.81. The van der Waals surface area contributed by atoms with Crippen molar-refractivity contribution in [1.82, 2.24) is 5.32 Å². The maximum absolute atomic E-state index is 5.71. The van der Waals surface area contributed by atoms with Gasteiger partial charge in [0.2, 0.25) is 0 Å². The summed E-state index contributed by atoms with van der Waals surface area (Å²) in [4.78, 5) is 0. The molecule has 2 aromatic rings. The predicted octanol–water partition coefficient (Wildman–Crippen LogP) is 4.19. The topological polar surface area (TPSA) is 21.3 Å². The second kappa shape index (κ2) is 5.53. The third-order valence-electron chi connectivity index (χ3n) is 4.79. The molecule has 1 aliphatic carbocycles. The van der Waals surface area contributed by atoms with Crippen molar-refractivity contribution < 1.29 is 4.74 Å². The SMILES string of the molecule is CNC1CCc2c(-c3ccc(C)c(C)c3OC)cccc21. The molecule has 2 nitrogen and oxygen atoms in total. The van der Waals surface area contributed by atoms with Gasteiger partial charge in [0.1, 0.15) is 5.75 Å². The summed E-state index contributed by atoms with van der Waals surface area (Å²) in [5, 5.41) is 3.42. The maximum Gasteiger partial charge on any atom is 0.129 e. The highest BCUT2D eigenvalue weighted by molar-refractivity contribution is 5.77. The molecule has 0 saturated carbocycles. The third-order valence-corrected chi connectivity index (χ3v) is 4.79. The lowest BCUT2D eigenvalue weighted by Gasteiger charge is -2.17. The Morgan fingerprint density at radius 1 is 1.10 bits per heavy atom. The molecule has 110 valence electrons. The van der Waals surface area contributed by atoms with E-state index >= 15 is 0 Å². The fraction of sp³-hybridized carbons (Fsp3) is 0.368. The van der Waals surface area contributed by atoms with E-state index in [1.165, 1.54) is 39.8 Å². The van der Waals surface area contributed by atoms with E-state index in [1.54, 1.807) is 7.11 Å². The number of ether oxygens (including phenoxy) is 1. The van der Waals surface area contributed by atoms with Crippen LogP contribution in [-0.4, -0.2) is 14.2 Å². The highest BCUT2D eigenvalue weighted by atomic mass is 16.5. The number of methoxy groups -OCH3 is 1. The smallest absolute Gasteiger partial charge is 0.129 e. The quantitative estimate of drug-likeness (QED) is 0.911. The number of nitrogens with one attached hydrogen (secondary N) is 1. The number of fused-ring (bicyclic) bond motifs is 1. The van der Waals surface area contributed by atoms with Crippen LogP contribution in [0.25, 0.3) is 11.1 Å². The Labute approximate surface area is 127 Å². The molecule has 2 heteroatoms. The zero-order chi connectivity index (χ0) is 15.0. The molecule has 0 spiro atoms. The Morgan fingerprint density at radius 3 is 2.62 bits per heavy atom. The van der Waals surface area contributed by atoms with Gasteiger partial charge in [-0.05, 0) is 61.6 Å².